The van der Waals surface area contributed by atoms with Crippen molar-refractivity contribution in [3.63, 3.8) is 0 Å². The van der Waals surface area contributed by atoms with Gasteiger partial charge in [-0.05, 0) is 92.4 Å². The Labute approximate surface area is 305 Å². The molecule has 4 rings (SSSR count). The van der Waals surface area contributed by atoms with E-state index >= 15 is 0 Å². The van der Waals surface area contributed by atoms with Crippen LogP contribution in [0.4, 0.5) is 13.2 Å². The molecule has 12 heteroatoms. The zero-order valence-corrected chi connectivity index (χ0v) is 32.6. The Balaban J connectivity index is 0.000000397. The Hall–Kier alpha value is -2.96. The van der Waals surface area contributed by atoms with E-state index < -0.39 is 15.6 Å². The molecule has 4 heterocycles. The van der Waals surface area contributed by atoms with Crippen LogP contribution in [-0.2, 0) is 54.2 Å². The SMILES string of the molecule is CC(C)(C)c1ccnc(-c2cc(C(C)(C)C)ccn2)c1.CC(C)(C)c1ccnc(-c2cc(C(C)(C)C)ccn2)c1.O=S(=O)([O-])C(F)(F)F.[Ag+]. The van der Waals surface area contributed by atoms with Gasteiger partial charge in [0, 0.05) is 24.8 Å². The van der Waals surface area contributed by atoms with Crippen molar-refractivity contribution >= 4 is 10.1 Å². The van der Waals surface area contributed by atoms with Crippen molar-refractivity contribution in [2.75, 3.05) is 0 Å². The molecule has 0 aliphatic carbocycles. The molecular formula is C37H48AgF3N4O3S. The average Bonchev–Trinajstić information content (AvgIpc) is 2.95. The average molecular weight is 794 g/mol. The first-order valence-corrected chi connectivity index (χ1v) is 16.9. The normalized spacial score (nSPS) is 12.5. The summed E-state index contributed by atoms with van der Waals surface area (Å²) in [6, 6.07) is 16.9. The summed E-state index contributed by atoms with van der Waals surface area (Å²) in [5.41, 5.74) is 3.77. The number of nitrogens with zero attached hydrogens (tertiary/aromatic N) is 4. The summed E-state index contributed by atoms with van der Waals surface area (Å²) < 4.78 is 58.9. The molecule has 0 atom stereocenters. The van der Waals surface area contributed by atoms with Gasteiger partial charge in [0.25, 0.3) is 0 Å². The summed E-state index contributed by atoms with van der Waals surface area (Å²) in [4.78, 5) is 17.9. The van der Waals surface area contributed by atoms with Crippen LogP contribution in [0.25, 0.3) is 22.8 Å². The van der Waals surface area contributed by atoms with Crippen molar-refractivity contribution in [3.8, 4) is 22.8 Å². The van der Waals surface area contributed by atoms with Crippen LogP contribution in [0.2, 0.25) is 0 Å². The summed E-state index contributed by atoms with van der Waals surface area (Å²) in [7, 11) is -6.09. The van der Waals surface area contributed by atoms with Gasteiger partial charge in [0.05, 0.1) is 22.8 Å². The minimum Gasteiger partial charge on any atom is -0.741 e. The summed E-state index contributed by atoms with van der Waals surface area (Å²) in [5.74, 6) is 0. The molecule has 7 nitrogen and oxygen atoms in total. The van der Waals surface area contributed by atoms with Crippen LogP contribution in [0.5, 0.6) is 0 Å². The Morgan fingerprint density at radius 3 is 0.755 bits per heavy atom. The summed E-state index contributed by atoms with van der Waals surface area (Å²) in [6.07, 6.45) is 7.51. The van der Waals surface area contributed by atoms with Crippen LogP contribution < -0.4 is 0 Å². The van der Waals surface area contributed by atoms with Gasteiger partial charge in [-0.2, -0.15) is 13.2 Å². The third kappa shape index (κ3) is 13.7. The van der Waals surface area contributed by atoms with Gasteiger partial charge in [-0.15, -0.1) is 0 Å². The smallest absolute Gasteiger partial charge is 0.741 e. The van der Waals surface area contributed by atoms with Gasteiger partial charge in [0.15, 0.2) is 10.1 Å². The number of hydrogen-bond acceptors (Lipinski definition) is 7. The van der Waals surface area contributed by atoms with Crippen molar-refractivity contribution in [2.45, 2.75) is 110 Å². The number of rotatable bonds is 2. The standard InChI is InChI=1S/2C18H24N2.CHF3O3S.Ag/c2*1-17(2,3)13-7-9-19-15(11-13)16-12-14(8-10-20-16)18(4,5)6;2-1(3,4)8(5,6)7;/h2*7-12H,1-6H3;(H,5,6,7);/q;;;+1/p-1. The van der Waals surface area contributed by atoms with Gasteiger partial charge >= 0.3 is 27.9 Å². The fraction of sp³-hybridized carbons (Fsp3) is 0.459. The van der Waals surface area contributed by atoms with Gasteiger partial charge in [0.2, 0.25) is 0 Å². The molecule has 0 amide bonds. The molecule has 4 aromatic heterocycles. The summed E-state index contributed by atoms with van der Waals surface area (Å²) in [5, 5.41) is 0. The second-order valence-electron chi connectivity index (χ2n) is 15.6. The van der Waals surface area contributed by atoms with Crippen LogP contribution >= 0.6 is 0 Å². The molecule has 0 spiro atoms. The van der Waals surface area contributed by atoms with Crippen molar-refractivity contribution in [1.29, 1.82) is 0 Å². The first-order chi connectivity index (χ1) is 21.6. The largest absolute Gasteiger partial charge is 1.00 e. The predicted molar refractivity (Wildman–Crippen MR) is 185 cm³/mol. The Morgan fingerprint density at radius 2 is 0.633 bits per heavy atom. The number of pyridine rings is 4. The molecular weight excluding hydrogens is 745 g/mol. The summed E-state index contributed by atoms with van der Waals surface area (Å²) in [6.45, 7) is 26.6. The molecule has 0 unspecified atom stereocenters. The second-order valence-corrected chi connectivity index (χ2v) is 17.0. The molecule has 0 radical (unpaired) electrons. The van der Waals surface area contributed by atoms with E-state index in [1.165, 1.54) is 22.3 Å². The molecule has 4 aromatic rings. The Bertz CT molecular complexity index is 1560. The molecule has 272 valence electrons. The van der Waals surface area contributed by atoms with E-state index in [-0.39, 0.29) is 44.0 Å². The molecule has 0 aromatic carbocycles. The molecule has 0 fully saturated rings. The number of hydrogen-bond donors (Lipinski definition) is 0. The quantitative estimate of drug-likeness (QED) is 0.113. The van der Waals surface area contributed by atoms with Crippen molar-refractivity contribution < 1.29 is 48.5 Å². The number of alkyl halides is 3. The zero-order valence-electron chi connectivity index (χ0n) is 30.3. The van der Waals surface area contributed by atoms with Crippen LogP contribution in [0.3, 0.4) is 0 Å². The van der Waals surface area contributed by atoms with Crippen LogP contribution in [-0.4, -0.2) is 38.4 Å². The van der Waals surface area contributed by atoms with Crippen molar-refractivity contribution in [3.05, 3.63) is 95.6 Å². The fourth-order valence-corrected chi connectivity index (χ4v) is 4.15. The Kier molecular flexibility index (Phi) is 14.7. The zero-order chi connectivity index (χ0) is 36.9. The van der Waals surface area contributed by atoms with E-state index in [9.17, 15) is 13.2 Å². The van der Waals surface area contributed by atoms with E-state index in [0.29, 0.717) is 0 Å². The van der Waals surface area contributed by atoms with E-state index in [1.807, 2.05) is 24.8 Å². The maximum absolute atomic E-state index is 10.7. The van der Waals surface area contributed by atoms with Crippen molar-refractivity contribution in [1.82, 2.24) is 19.9 Å². The maximum Gasteiger partial charge on any atom is 1.00 e. The molecule has 0 bridgehead atoms. The van der Waals surface area contributed by atoms with Crippen LogP contribution in [0.15, 0.2) is 73.3 Å². The molecule has 0 saturated carbocycles. The third-order valence-electron chi connectivity index (χ3n) is 7.31. The van der Waals surface area contributed by atoms with E-state index in [0.717, 1.165) is 22.8 Å². The first-order valence-electron chi connectivity index (χ1n) is 15.5. The van der Waals surface area contributed by atoms with Crippen LogP contribution in [0, 0.1) is 0 Å². The number of aromatic nitrogens is 4. The maximum atomic E-state index is 10.7. The van der Waals surface area contributed by atoms with Gasteiger partial charge < -0.3 is 4.55 Å². The van der Waals surface area contributed by atoms with E-state index in [1.54, 1.807) is 0 Å². The minimum absolute atomic E-state index is 0. The molecule has 0 aliphatic rings. The van der Waals surface area contributed by atoms with Gasteiger partial charge in [-0.25, -0.2) is 8.42 Å². The Morgan fingerprint density at radius 1 is 0.469 bits per heavy atom. The van der Waals surface area contributed by atoms with Gasteiger partial charge in [0.1, 0.15) is 0 Å². The topological polar surface area (TPSA) is 109 Å². The fourth-order valence-electron chi connectivity index (χ4n) is 4.15. The molecule has 49 heavy (non-hydrogen) atoms. The molecule has 0 N–H and O–H groups in total. The minimum atomic E-state index is -6.09. The molecule has 0 aliphatic heterocycles. The second kappa shape index (κ2) is 16.4. The van der Waals surface area contributed by atoms with Gasteiger partial charge in [-0.3, -0.25) is 19.9 Å². The van der Waals surface area contributed by atoms with Crippen molar-refractivity contribution in [2.24, 2.45) is 0 Å². The third-order valence-corrected chi connectivity index (χ3v) is 7.88. The first kappa shape index (κ1) is 44.1. The predicted octanol–water partition coefficient (Wildman–Crippen LogP) is 9.53. The monoisotopic (exact) mass is 792 g/mol. The summed E-state index contributed by atoms with van der Waals surface area (Å²) >= 11 is 0. The van der Waals surface area contributed by atoms with E-state index in [2.05, 4.69) is 152 Å². The molecule has 0 saturated heterocycles. The van der Waals surface area contributed by atoms with Crippen LogP contribution in [0.1, 0.15) is 105 Å². The van der Waals surface area contributed by atoms with Gasteiger partial charge in [-0.1, -0.05) is 83.1 Å². The van der Waals surface area contributed by atoms with E-state index in [4.69, 9.17) is 13.0 Å². The number of halogens is 3.